The molecule has 23 heavy (non-hydrogen) atoms. The first-order valence-electron chi connectivity index (χ1n) is 7.65. The third-order valence-corrected chi connectivity index (χ3v) is 4.83. The van der Waals surface area contributed by atoms with Gasteiger partial charge >= 0.3 is 0 Å². The maximum absolute atomic E-state index is 5.77. The van der Waals surface area contributed by atoms with Gasteiger partial charge in [0, 0.05) is 19.2 Å². The molecule has 1 unspecified atom stereocenters. The second-order valence-electron chi connectivity index (χ2n) is 5.48. The quantitative estimate of drug-likeness (QED) is 0.695. The highest BCUT2D eigenvalue weighted by molar-refractivity contribution is 9.11. The van der Waals surface area contributed by atoms with Gasteiger partial charge in [0.05, 0.1) is 24.3 Å². The minimum atomic E-state index is -0.323. The molecular weight excluding hydrogens is 358 g/mol. The van der Waals surface area contributed by atoms with Gasteiger partial charge in [-0.15, -0.1) is 0 Å². The molecule has 1 aliphatic rings. The van der Waals surface area contributed by atoms with Crippen LogP contribution in [0.2, 0.25) is 0 Å². The van der Waals surface area contributed by atoms with E-state index in [-0.39, 0.29) is 5.60 Å². The molecule has 0 heterocycles. The second-order valence-corrected chi connectivity index (χ2v) is 6.33. The summed E-state index contributed by atoms with van der Waals surface area (Å²) in [4.78, 5) is 0. The number of hydrogen-bond donors (Lipinski definition) is 1. The lowest BCUT2D eigenvalue weighted by atomic mass is 9.90. The van der Waals surface area contributed by atoms with Gasteiger partial charge in [-0.25, -0.2) is 0 Å². The maximum Gasteiger partial charge on any atom is 0.131 e. The zero-order valence-corrected chi connectivity index (χ0v) is 15.5. The van der Waals surface area contributed by atoms with E-state index in [1.165, 1.54) is 0 Å². The largest absolute Gasteiger partial charge is 0.496 e. The molecule has 0 saturated carbocycles. The molecule has 0 saturated heterocycles. The average molecular weight is 382 g/mol. The maximum atomic E-state index is 5.77. The Balaban J connectivity index is 1.91. The van der Waals surface area contributed by atoms with Crippen molar-refractivity contribution in [2.45, 2.75) is 25.0 Å². The second kappa shape index (κ2) is 8.52. The number of methoxy groups -OCH3 is 3. The van der Waals surface area contributed by atoms with E-state index < -0.39 is 0 Å². The molecule has 0 bridgehead atoms. The van der Waals surface area contributed by atoms with Crippen molar-refractivity contribution in [2.24, 2.45) is 0 Å². The molecule has 126 valence electrons. The van der Waals surface area contributed by atoms with E-state index >= 15 is 0 Å². The number of rotatable bonds is 8. The van der Waals surface area contributed by atoms with Crippen molar-refractivity contribution in [3.63, 3.8) is 0 Å². The Morgan fingerprint density at radius 2 is 1.96 bits per heavy atom. The van der Waals surface area contributed by atoms with Gasteiger partial charge in [-0.2, -0.15) is 0 Å². The van der Waals surface area contributed by atoms with Crippen LogP contribution in [-0.4, -0.2) is 33.5 Å². The molecule has 0 radical (unpaired) electrons. The number of halogens is 1. The molecule has 0 amide bonds. The van der Waals surface area contributed by atoms with Crippen molar-refractivity contribution in [1.29, 1.82) is 0 Å². The summed E-state index contributed by atoms with van der Waals surface area (Å²) >= 11 is 3.51. The molecule has 1 atom stereocenters. The number of ether oxygens (including phenoxy) is 3. The summed E-state index contributed by atoms with van der Waals surface area (Å²) in [6.45, 7) is 1.61. The normalized spacial score (nSPS) is 20.7. The predicted octanol–water partition coefficient (Wildman–Crippen LogP) is 3.77. The monoisotopic (exact) mass is 381 g/mol. The van der Waals surface area contributed by atoms with Crippen LogP contribution in [0.5, 0.6) is 5.75 Å². The number of hydrogen-bond acceptors (Lipinski definition) is 4. The molecule has 1 aromatic carbocycles. The van der Waals surface area contributed by atoms with Gasteiger partial charge in [-0.3, -0.25) is 0 Å². The number of nitrogens with one attached hydrogen (secondary N) is 1. The van der Waals surface area contributed by atoms with E-state index in [1.807, 2.05) is 18.2 Å². The highest BCUT2D eigenvalue weighted by Gasteiger charge is 2.30. The highest BCUT2D eigenvalue weighted by Crippen LogP contribution is 2.34. The minimum absolute atomic E-state index is 0.323. The fourth-order valence-corrected chi connectivity index (χ4v) is 3.11. The van der Waals surface area contributed by atoms with Crippen molar-refractivity contribution >= 4 is 15.9 Å². The molecular formula is C18H24BrNO3. The fraction of sp³-hybridized carbons (Fsp3) is 0.444. The highest BCUT2D eigenvalue weighted by atomic mass is 79.9. The van der Waals surface area contributed by atoms with Crippen molar-refractivity contribution in [3.05, 3.63) is 52.2 Å². The van der Waals surface area contributed by atoms with Gasteiger partial charge in [0.2, 0.25) is 0 Å². The number of para-hydroxylation sites is 1. The first-order chi connectivity index (χ1) is 11.1. The van der Waals surface area contributed by atoms with Gasteiger partial charge in [-0.1, -0.05) is 24.3 Å². The SMILES string of the molecule is COC1=CC(CCNCc2ccccc2OC)(OC)CC=C1Br. The lowest BCUT2D eigenvalue weighted by Crippen LogP contribution is -2.35. The first-order valence-corrected chi connectivity index (χ1v) is 8.44. The fourth-order valence-electron chi connectivity index (χ4n) is 2.68. The van der Waals surface area contributed by atoms with Crippen LogP contribution in [0.4, 0.5) is 0 Å². The van der Waals surface area contributed by atoms with Crippen molar-refractivity contribution in [1.82, 2.24) is 5.32 Å². The van der Waals surface area contributed by atoms with E-state index in [1.54, 1.807) is 21.3 Å². The summed E-state index contributed by atoms with van der Waals surface area (Å²) in [5.74, 6) is 1.73. The van der Waals surface area contributed by atoms with E-state index in [0.717, 1.165) is 47.5 Å². The zero-order chi connectivity index (χ0) is 16.7. The van der Waals surface area contributed by atoms with E-state index in [0.29, 0.717) is 0 Å². The lowest BCUT2D eigenvalue weighted by Gasteiger charge is -2.32. The molecule has 0 aromatic heterocycles. The van der Waals surface area contributed by atoms with Crippen LogP contribution in [0.25, 0.3) is 0 Å². The third kappa shape index (κ3) is 4.59. The molecule has 5 heteroatoms. The molecule has 1 N–H and O–H groups in total. The molecule has 2 rings (SSSR count). The predicted molar refractivity (Wildman–Crippen MR) is 95.8 cm³/mol. The van der Waals surface area contributed by atoms with Crippen molar-refractivity contribution in [3.8, 4) is 5.75 Å². The molecule has 0 fully saturated rings. The van der Waals surface area contributed by atoms with Crippen LogP contribution in [0, 0.1) is 0 Å². The summed E-state index contributed by atoms with van der Waals surface area (Å²) in [6, 6.07) is 8.05. The number of benzene rings is 1. The molecule has 4 nitrogen and oxygen atoms in total. The smallest absolute Gasteiger partial charge is 0.131 e. The van der Waals surface area contributed by atoms with Crippen LogP contribution in [0.15, 0.2) is 46.7 Å². The van der Waals surface area contributed by atoms with Crippen LogP contribution in [-0.2, 0) is 16.0 Å². The summed E-state index contributed by atoms with van der Waals surface area (Å²) in [7, 11) is 5.12. The minimum Gasteiger partial charge on any atom is -0.496 e. The molecule has 0 aliphatic heterocycles. The van der Waals surface area contributed by atoms with Crippen LogP contribution >= 0.6 is 15.9 Å². The average Bonchev–Trinajstić information content (AvgIpc) is 2.60. The van der Waals surface area contributed by atoms with E-state index in [2.05, 4.69) is 39.5 Å². The Morgan fingerprint density at radius 3 is 2.65 bits per heavy atom. The van der Waals surface area contributed by atoms with Crippen LogP contribution < -0.4 is 10.1 Å². The Labute approximate surface area is 146 Å². The Morgan fingerprint density at radius 1 is 1.17 bits per heavy atom. The molecule has 1 aromatic rings. The summed E-state index contributed by atoms with van der Waals surface area (Å²) in [6.07, 6.45) is 5.85. The van der Waals surface area contributed by atoms with Crippen LogP contribution in [0.3, 0.4) is 0 Å². The van der Waals surface area contributed by atoms with Gasteiger partial charge in [0.25, 0.3) is 0 Å². The van der Waals surface area contributed by atoms with Gasteiger partial charge < -0.3 is 19.5 Å². The Kier molecular flexibility index (Phi) is 6.69. The summed E-state index contributed by atoms with van der Waals surface area (Å²) in [5, 5.41) is 3.46. The lowest BCUT2D eigenvalue weighted by molar-refractivity contribution is 0.0228. The summed E-state index contributed by atoms with van der Waals surface area (Å²) < 4.78 is 17.5. The molecule has 0 spiro atoms. The zero-order valence-electron chi connectivity index (χ0n) is 13.9. The van der Waals surface area contributed by atoms with Crippen molar-refractivity contribution < 1.29 is 14.2 Å². The summed E-state index contributed by atoms with van der Waals surface area (Å²) in [5.41, 5.74) is 0.831. The molecule has 1 aliphatic carbocycles. The van der Waals surface area contributed by atoms with Crippen LogP contribution in [0.1, 0.15) is 18.4 Å². The topological polar surface area (TPSA) is 39.7 Å². The van der Waals surface area contributed by atoms with Gasteiger partial charge in [0.15, 0.2) is 0 Å². The van der Waals surface area contributed by atoms with Gasteiger partial charge in [0.1, 0.15) is 11.5 Å². The number of allylic oxidation sites excluding steroid dienone is 1. The first kappa shape index (κ1) is 18.0. The van der Waals surface area contributed by atoms with E-state index in [4.69, 9.17) is 14.2 Å². The Hall–Kier alpha value is -1.30. The standard InChI is InChI=1S/C18H24BrNO3/c1-21-16-7-5-4-6-14(16)13-20-11-10-18(23-3)9-8-15(19)17(12-18)22-2/h4-8,12,20H,9-11,13H2,1-3H3. The van der Waals surface area contributed by atoms with E-state index in [9.17, 15) is 0 Å². The van der Waals surface area contributed by atoms with Crippen molar-refractivity contribution in [2.75, 3.05) is 27.9 Å². The third-order valence-electron chi connectivity index (χ3n) is 4.12. The van der Waals surface area contributed by atoms with Gasteiger partial charge in [-0.05, 0) is 47.5 Å². The Bertz CT molecular complexity index is 585.